The second-order valence-electron chi connectivity index (χ2n) is 8.55. The third-order valence-electron chi connectivity index (χ3n) is 5.72. The summed E-state index contributed by atoms with van der Waals surface area (Å²) in [5.74, 6) is -1.36. The van der Waals surface area contributed by atoms with Gasteiger partial charge in [0, 0.05) is 30.3 Å². The molecule has 0 aliphatic carbocycles. The Morgan fingerprint density at radius 3 is 2.66 bits per heavy atom. The van der Waals surface area contributed by atoms with Crippen LogP contribution in [-0.2, 0) is 14.8 Å². The van der Waals surface area contributed by atoms with E-state index in [4.69, 9.17) is 11.6 Å². The van der Waals surface area contributed by atoms with Gasteiger partial charge in [-0.15, -0.1) is 0 Å². The van der Waals surface area contributed by atoms with Crippen LogP contribution in [0.1, 0.15) is 25.8 Å². The van der Waals surface area contributed by atoms with Crippen molar-refractivity contribution < 1.29 is 17.6 Å². The van der Waals surface area contributed by atoms with Gasteiger partial charge in [-0.3, -0.25) is 4.79 Å². The zero-order valence-electron chi connectivity index (χ0n) is 18.4. The van der Waals surface area contributed by atoms with Gasteiger partial charge in [-0.05, 0) is 55.0 Å². The number of nitrogens with one attached hydrogen (secondary N) is 2. The SMILES string of the molecule is Cc1ccc(Cl)cc1N1CCC(CNC(=O)[C@@H](NS(=O)(=O)c2ccccc2F)C(C)C)C1. The largest absolute Gasteiger partial charge is 0.371 e. The van der Waals surface area contributed by atoms with E-state index in [-0.39, 0.29) is 11.8 Å². The molecule has 3 rings (SSSR count). The maximum atomic E-state index is 14.0. The second kappa shape index (κ2) is 10.2. The third-order valence-corrected chi connectivity index (χ3v) is 7.43. The summed E-state index contributed by atoms with van der Waals surface area (Å²) < 4.78 is 41.6. The fraction of sp³-hybridized carbons (Fsp3) is 0.435. The summed E-state index contributed by atoms with van der Waals surface area (Å²) in [6, 6.07) is 9.90. The molecule has 0 saturated carbocycles. The monoisotopic (exact) mass is 481 g/mol. The van der Waals surface area contributed by atoms with Crippen molar-refractivity contribution in [2.75, 3.05) is 24.5 Å². The van der Waals surface area contributed by atoms with Crippen molar-refractivity contribution in [1.29, 1.82) is 0 Å². The van der Waals surface area contributed by atoms with E-state index >= 15 is 0 Å². The van der Waals surface area contributed by atoms with Crippen molar-refractivity contribution in [1.82, 2.24) is 10.0 Å². The van der Waals surface area contributed by atoms with Crippen LogP contribution >= 0.6 is 11.6 Å². The summed E-state index contributed by atoms with van der Waals surface area (Å²) in [5.41, 5.74) is 2.23. The number of hydrogen-bond acceptors (Lipinski definition) is 4. The molecule has 2 atom stereocenters. The lowest BCUT2D eigenvalue weighted by Crippen LogP contribution is -2.50. The van der Waals surface area contributed by atoms with Crippen molar-refractivity contribution >= 4 is 33.2 Å². The first-order chi connectivity index (χ1) is 15.1. The summed E-state index contributed by atoms with van der Waals surface area (Å²) in [6.07, 6.45) is 0.902. The maximum absolute atomic E-state index is 14.0. The predicted octanol–water partition coefficient (Wildman–Crippen LogP) is 3.73. The van der Waals surface area contributed by atoms with Crippen LogP contribution in [0.5, 0.6) is 0 Å². The lowest BCUT2D eigenvalue weighted by atomic mass is 10.0. The standard InChI is InChI=1S/C23H29ClFN3O3S/c1-15(2)22(27-32(30,31)21-7-5-4-6-19(21)25)23(29)26-13-17-10-11-28(14-17)20-12-18(24)9-8-16(20)3/h4-9,12,15,17,22,27H,10-11,13-14H2,1-3H3,(H,26,29)/t17?,22-/m0/s1. The molecule has 174 valence electrons. The smallest absolute Gasteiger partial charge is 0.244 e. The molecule has 32 heavy (non-hydrogen) atoms. The van der Waals surface area contributed by atoms with Gasteiger partial charge >= 0.3 is 0 Å². The second-order valence-corrected chi connectivity index (χ2v) is 10.7. The Bertz CT molecular complexity index is 1080. The van der Waals surface area contributed by atoms with Crippen LogP contribution in [0.4, 0.5) is 10.1 Å². The molecule has 0 bridgehead atoms. The van der Waals surface area contributed by atoms with Crippen molar-refractivity contribution in [3.05, 3.63) is 58.9 Å². The van der Waals surface area contributed by atoms with Gasteiger partial charge in [0.2, 0.25) is 15.9 Å². The van der Waals surface area contributed by atoms with E-state index in [1.165, 1.54) is 18.2 Å². The Balaban J connectivity index is 1.61. The van der Waals surface area contributed by atoms with E-state index in [2.05, 4.69) is 14.9 Å². The summed E-state index contributed by atoms with van der Waals surface area (Å²) in [7, 11) is -4.18. The molecule has 1 unspecified atom stereocenters. The number of halogens is 2. The van der Waals surface area contributed by atoms with Gasteiger partial charge in [0.25, 0.3) is 0 Å². The molecule has 2 aromatic carbocycles. The zero-order chi connectivity index (χ0) is 23.5. The molecule has 0 aromatic heterocycles. The zero-order valence-corrected chi connectivity index (χ0v) is 20.0. The van der Waals surface area contributed by atoms with E-state index in [9.17, 15) is 17.6 Å². The minimum Gasteiger partial charge on any atom is -0.371 e. The molecule has 2 N–H and O–H groups in total. The van der Waals surface area contributed by atoms with Crippen LogP contribution in [0.3, 0.4) is 0 Å². The van der Waals surface area contributed by atoms with Crippen LogP contribution in [0.15, 0.2) is 47.4 Å². The van der Waals surface area contributed by atoms with Gasteiger partial charge in [0.15, 0.2) is 0 Å². The molecule has 1 aliphatic heterocycles. The number of aryl methyl sites for hydroxylation is 1. The lowest BCUT2D eigenvalue weighted by molar-refractivity contribution is -0.123. The van der Waals surface area contributed by atoms with Crippen molar-refractivity contribution in [2.45, 2.75) is 38.1 Å². The molecule has 1 fully saturated rings. The number of rotatable bonds is 8. The number of nitrogens with zero attached hydrogens (tertiary/aromatic N) is 1. The molecule has 9 heteroatoms. The fourth-order valence-electron chi connectivity index (χ4n) is 3.88. The molecule has 1 saturated heterocycles. The van der Waals surface area contributed by atoms with Crippen LogP contribution < -0.4 is 14.9 Å². The van der Waals surface area contributed by atoms with Crippen LogP contribution in [0.25, 0.3) is 0 Å². The van der Waals surface area contributed by atoms with E-state index in [1.807, 2.05) is 25.1 Å². The van der Waals surface area contributed by atoms with Gasteiger partial charge in [-0.2, -0.15) is 4.72 Å². The van der Waals surface area contributed by atoms with E-state index in [1.54, 1.807) is 13.8 Å². The van der Waals surface area contributed by atoms with Crippen LogP contribution in [-0.4, -0.2) is 40.0 Å². The Kier molecular flexibility index (Phi) is 7.79. The number of hydrogen-bond donors (Lipinski definition) is 2. The molecule has 2 aromatic rings. The van der Waals surface area contributed by atoms with Gasteiger partial charge in [-0.1, -0.05) is 43.6 Å². The highest BCUT2D eigenvalue weighted by atomic mass is 35.5. The molecular weight excluding hydrogens is 453 g/mol. The van der Waals surface area contributed by atoms with Gasteiger partial charge in [0.05, 0.1) is 0 Å². The molecular formula is C23H29ClFN3O3S. The number of sulfonamides is 1. The van der Waals surface area contributed by atoms with Gasteiger partial charge in [-0.25, -0.2) is 12.8 Å². The molecule has 1 amide bonds. The van der Waals surface area contributed by atoms with E-state index in [0.717, 1.165) is 36.8 Å². The van der Waals surface area contributed by atoms with Crippen LogP contribution in [0, 0.1) is 24.6 Å². The highest BCUT2D eigenvalue weighted by Gasteiger charge is 2.31. The summed E-state index contributed by atoms with van der Waals surface area (Å²) in [6.45, 7) is 7.58. The van der Waals surface area contributed by atoms with Crippen LogP contribution in [0.2, 0.25) is 5.02 Å². The lowest BCUT2D eigenvalue weighted by Gasteiger charge is -2.23. The Morgan fingerprint density at radius 2 is 1.97 bits per heavy atom. The number of amides is 1. The normalized spacial score (nSPS) is 17.6. The van der Waals surface area contributed by atoms with E-state index < -0.39 is 32.7 Å². The quantitative estimate of drug-likeness (QED) is 0.602. The molecule has 0 radical (unpaired) electrons. The minimum absolute atomic E-state index is 0.230. The first-order valence-electron chi connectivity index (χ1n) is 10.6. The number of carbonyl (C=O) groups excluding carboxylic acids is 1. The van der Waals surface area contributed by atoms with Crippen molar-refractivity contribution in [3.63, 3.8) is 0 Å². The predicted molar refractivity (Wildman–Crippen MR) is 125 cm³/mol. The highest BCUT2D eigenvalue weighted by Crippen LogP contribution is 2.29. The first kappa shape index (κ1) is 24.5. The molecule has 1 heterocycles. The highest BCUT2D eigenvalue weighted by molar-refractivity contribution is 7.89. The Hall–Kier alpha value is -2.16. The Labute approximate surface area is 194 Å². The van der Waals surface area contributed by atoms with Gasteiger partial charge in [0.1, 0.15) is 16.8 Å². The number of carbonyl (C=O) groups is 1. The minimum atomic E-state index is -4.18. The average Bonchev–Trinajstić information content (AvgIpc) is 3.21. The first-order valence-corrected chi connectivity index (χ1v) is 12.5. The topological polar surface area (TPSA) is 78.5 Å². The fourth-order valence-corrected chi connectivity index (χ4v) is 5.47. The Morgan fingerprint density at radius 1 is 1.25 bits per heavy atom. The number of benzene rings is 2. The maximum Gasteiger partial charge on any atom is 0.244 e. The van der Waals surface area contributed by atoms with Crippen molar-refractivity contribution in [2.24, 2.45) is 11.8 Å². The van der Waals surface area contributed by atoms with E-state index in [0.29, 0.717) is 11.6 Å². The van der Waals surface area contributed by atoms with Crippen molar-refractivity contribution in [3.8, 4) is 0 Å². The summed E-state index contributed by atoms with van der Waals surface area (Å²) in [4.78, 5) is 14.6. The summed E-state index contributed by atoms with van der Waals surface area (Å²) >= 11 is 6.14. The summed E-state index contributed by atoms with van der Waals surface area (Å²) in [5, 5.41) is 3.56. The average molecular weight is 482 g/mol. The third kappa shape index (κ3) is 5.79. The van der Waals surface area contributed by atoms with Gasteiger partial charge < -0.3 is 10.2 Å². The molecule has 1 aliphatic rings. The molecule has 6 nitrogen and oxygen atoms in total. The molecule has 0 spiro atoms. The number of anilines is 1.